The van der Waals surface area contributed by atoms with Crippen molar-refractivity contribution in [3.8, 4) is 39.1 Å². The maximum atomic E-state index is 5.49. The van der Waals surface area contributed by atoms with Crippen molar-refractivity contribution < 1.29 is 0 Å². The Morgan fingerprint density at radius 2 is 0.966 bits per heavy atom. The molecule has 0 radical (unpaired) electrons. The molecule has 0 bridgehead atoms. The van der Waals surface area contributed by atoms with E-state index < -0.39 is 0 Å². The third kappa shape index (κ3) is 6.53. The van der Waals surface area contributed by atoms with Gasteiger partial charge in [0.2, 0.25) is 0 Å². The quantitative estimate of drug-likeness (QED) is 0.173. The SMILES string of the molecule is CC1=C(c2ccccc2)NC(c2cc(-c3ccccc3)c(-c3ccc4c(c3)c3ccccc3n4-c3ccccc3)c(-c3ccccc3)c2)=N/C(c2ccccc2)=C/C1. The van der Waals surface area contributed by atoms with Gasteiger partial charge in [0.1, 0.15) is 5.84 Å². The van der Waals surface area contributed by atoms with Crippen LogP contribution >= 0.6 is 0 Å². The summed E-state index contributed by atoms with van der Waals surface area (Å²) in [5, 5.41) is 6.35. The van der Waals surface area contributed by atoms with Gasteiger partial charge in [-0.15, -0.1) is 0 Å². The largest absolute Gasteiger partial charge is 0.339 e. The highest BCUT2D eigenvalue weighted by Gasteiger charge is 2.22. The van der Waals surface area contributed by atoms with Crippen molar-refractivity contribution in [3.05, 3.63) is 235 Å². The molecular weight excluding hydrogens is 703 g/mol. The summed E-state index contributed by atoms with van der Waals surface area (Å²) in [7, 11) is 0. The van der Waals surface area contributed by atoms with Gasteiger partial charge in [0.15, 0.2) is 0 Å². The van der Waals surface area contributed by atoms with E-state index in [0.717, 1.165) is 73.8 Å². The van der Waals surface area contributed by atoms with E-state index in [1.54, 1.807) is 0 Å². The summed E-state index contributed by atoms with van der Waals surface area (Å²) in [6, 6.07) is 73.8. The molecule has 0 amide bonds. The standard InChI is InChI=1S/C55H41N3/c1-38-31-33-50(41-23-11-4-12-24-41)56-55(57-54(38)42-25-13-5-14-26-42)44-36-47(39-19-7-2-8-20-39)53(48(37-44)40-21-9-3-10-22-40)43-32-34-52-49(35-43)46-29-17-18-30-51(46)58(52)45-27-15-6-16-28-45/h2-30,32-37H,31H2,1H3,(H,56,57)/b50-33+,54-38?. The topological polar surface area (TPSA) is 29.3 Å². The van der Waals surface area contributed by atoms with Gasteiger partial charge in [-0.3, -0.25) is 0 Å². The molecule has 0 saturated heterocycles. The lowest BCUT2D eigenvalue weighted by atomic mass is 9.85. The molecule has 58 heavy (non-hydrogen) atoms. The highest BCUT2D eigenvalue weighted by Crippen LogP contribution is 2.44. The fourth-order valence-corrected chi connectivity index (χ4v) is 8.39. The third-order valence-corrected chi connectivity index (χ3v) is 11.2. The molecule has 276 valence electrons. The van der Waals surface area contributed by atoms with Gasteiger partial charge in [0.05, 0.1) is 16.7 Å². The fraction of sp³-hybridized carbons (Fsp3) is 0.0364. The lowest BCUT2D eigenvalue weighted by molar-refractivity contribution is 1.13. The first-order valence-electron chi connectivity index (χ1n) is 19.9. The number of rotatable bonds is 7. The smallest absolute Gasteiger partial charge is 0.138 e. The molecule has 0 fully saturated rings. The van der Waals surface area contributed by atoms with Gasteiger partial charge in [-0.25, -0.2) is 4.99 Å². The molecule has 3 heteroatoms. The monoisotopic (exact) mass is 743 g/mol. The number of nitrogens with one attached hydrogen (secondary N) is 1. The first kappa shape index (κ1) is 35.0. The Labute approximate surface area is 339 Å². The number of para-hydroxylation sites is 2. The van der Waals surface area contributed by atoms with Crippen LogP contribution < -0.4 is 5.32 Å². The van der Waals surface area contributed by atoms with E-state index in [2.05, 4.69) is 229 Å². The molecule has 2 heterocycles. The zero-order valence-corrected chi connectivity index (χ0v) is 32.3. The van der Waals surface area contributed by atoms with Crippen LogP contribution in [0.1, 0.15) is 30.0 Å². The number of amidine groups is 1. The number of aromatic nitrogens is 1. The molecule has 1 aliphatic heterocycles. The number of hydrogen-bond donors (Lipinski definition) is 1. The molecule has 8 aromatic carbocycles. The highest BCUT2D eigenvalue weighted by molar-refractivity contribution is 6.13. The predicted octanol–water partition coefficient (Wildman–Crippen LogP) is 14.0. The van der Waals surface area contributed by atoms with Crippen molar-refractivity contribution in [2.24, 2.45) is 4.99 Å². The molecule has 1 aromatic heterocycles. The minimum Gasteiger partial charge on any atom is -0.339 e. The summed E-state index contributed by atoms with van der Waals surface area (Å²) in [6.45, 7) is 2.22. The minimum absolute atomic E-state index is 0.783. The van der Waals surface area contributed by atoms with E-state index in [1.807, 2.05) is 0 Å². The van der Waals surface area contributed by atoms with Crippen LogP contribution in [-0.4, -0.2) is 10.4 Å². The number of hydrogen-bond acceptors (Lipinski definition) is 2. The minimum atomic E-state index is 0.783. The number of aliphatic imine (C=N–C) groups is 1. The zero-order chi connectivity index (χ0) is 38.8. The third-order valence-electron chi connectivity index (χ3n) is 11.2. The summed E-state index contributed by atoms with van der Waals surface area (Å²) >= 11 is 0. The summed E-state index contributed by atoms with van der Waals surface area (Å²) in [6.07, 6.45) is 3.05. The molecule has 0 unspecified atom stereocenters. The molecular formula is C55H41N3. The van der Waals surface area contributed by atoms with E-state index in [-0.39, 0.29) is 0 Å². The van der Waals surface area contributed by atoms with Crippen LogP contribution in [0, 0.1) is 0 Å². The van der Waals surface area contributed by atoms with Crippen LogP contribution in [0.3, 0.4) is 0 Å². The van der Waals surface area contributed by atoms with Crippen molar-refractivity contribution in [2.75, 3.05) is 0 Å². The molecule has 0 atom stereocenters. The molecule has 0 saturated carbocycles. The Hall–Kier alpha value is -7.49. The highest BCUT2D eigenvalue weighted by atomic mass is 15.0. The van der Waals surface area contributed by atoms with Crippen molar-refractivity contribution in [2.45, 2.75) is 13.3 Å². The number of fused-ring (bicyclic) bond motifs is 3. The maximum Gasteiger partial charge on any atom is 0.138 e. The average molecular weight is 744 g/mol. The van der Waals surface area contributed by atoms with Gasteiger partial charge in [-0.1, -0.05) is 170 Å². The lowest BCUT2D eigenvalue weighted by Gasteiger charge is -2.23. The second-order valence-electron chi connectivity index (χ2n) is 14.9. The fourth-order valence-electron chi connectivity index (χ4n) is 8.39. The van der Waals surface area contributed by atoms with Crippen LogP contribution in [0.2, 0.25) is 0 Å². The van der Waals surface area contributed by atoms with Crippen LogP contribution in [0.5, 0.6) is 0 Å². The Morgan fingerprint density at radius 1 is 0.448 bits per heavy atom. The predicted molar refractivity (Wildman–Crippen MR) is 245 cm³/mol. The van der Waals surface area contributed by atoms with Gasteiger partial charge in [-0.2, -0.15) is 0 Å². The van der Waals surface area contributed by atoms with Gasteiger partial charge >= 0.3 is 0 Å². The summed E-state index contributed by atoms with van der Waals surface area (Å²) < 4.78 is 2.38. The molecule has 1 N–H and O–H groups in total. The summed E-state index contributed by atoms with van der Waals surface area (Å²) in [5.74, 6) is 0.801. The van der Waals surface area contributed by atoms with E-state index in [4.69, 9.17) is 4.99 Å². The molecule has 10 rings (SSSR count). The Morgan fingerprint density at radius 3 is 1.59 bits per heavy atom. The van der Waals surface area contributed by atoms with Crippen LogP contribution in [-0.2, 0) is 0 Å². The summed E-state index contributed by atoms with van der Waals surface area (Å²) in [5.41, 5.74) is 16.9. The zero-order valence-electron chi connectivity index (χ0n) is 32.3. The van der Waals surface area contributed by atoms with E-state index in [9.17, 15) is 0 Å². The van der Waals surface area contributed by atoms with E-state index >= 15 is 0 Å². The van der Waals surface area contributed by atoms with Gasteiger partial charge in [-0.05, 0) is 106 Å². The van der Waals surface area contributed by atoms with Crippen molar-refractivity contribution in [3.63, 3.8) is 0 Å². The maximum absolute atomic E-state index is 5.49. The Balaban J connectivity index is 1.25. The normalized spacial score (nSPS) is 14.0. The van der Waals surface area contributed by atoms with Crippen molar-refractivity contribution in [1.82, 2.24) is 9.88 Å². The van der Waals surface area contributed by atoms with Gasteiger partial charge in [0.25, 0.3) is 0 Å². The van der Waals surface area contributed by atoms with Gasteiger partial charge < -0.3 is 9.88 Å². The number of benzene rings is 8. The first-order chi connectivity index (χ1) is 28.7. The van der Waals surface area contributed by atoms with Crippen LogP contribution in [0.15, 0.2) is 223 Å². The van der Waals surface area contributed by atoms with Crippen molar-refractivity contribution in [1.29, 1.82) is 0 Å². The van der Waals surface area contributed by atoms with Crippen LogP contribution in [0.4, 0.5) is 0 Å². The molecule has 9 aromatic rings. The second kappa shape index (κ2) is 15.2. The van der Waals surface area contributed by atoms with E-state index in [0.29, 0.717) is 0 Å². The average Bonchev–Trinajstić information content (AvgIpc) is 3.62. The lowest BCUT2D eigenvalue weighted by Crippen LogP contribution is -2.25. The molecule has 0 spiro atoms. The molecule has 3 nitrogen and oxygen atoms in total. The molecule has 1 aliphatic rings. The number of allylic oxidation sites excluding steroid dienone is 2. The summed E-state index contributed by atoms with van der Waals surface area (Å²) in [4.78, 5) is 5.49. The number of nitrogens with zero attached hydrogens (tertiary/aromatic N) is 2. The van der Waals surface area contributed by atoms with Gasteiger partial charge in [0, 0.05) is 27.7 Å². The second-order valence-corrected chi connectivity index (χ2v) is 14.9. The Bertz CT molecular complexity index is 2950. The Kier molecular flexibility index (Phi) is 9.17. The molecule has 0 aliphatic carbocycles. The van der Waals surface area contributed by atoms with E-state index in [1.165, 1.54) is 32.9 Å². The van der Waals surface area contributed by atoms with Crippen LogP contribution in [0.25, 0.3) is 72.3 Å². The van der Waals surface area contributed by atoms with Crippen molar-refractivity contribution >= 4 is 39.0 Å². The first-order valence-corrected chi connectivity index (χ1v) is 19.9.